The van der Waals surface area contributed by atoms with Crippen LogP contribution in [0, 0.1) is 0 Å². The molecule has 1 heterocycles. The van der Waals surface area contributed by atoms with Crippen molar-refractivity contribution in [2.75, 3.05) is 6.26 Å². The zero-order chi connectivity index (χ0) is 9.84. The molecular formula is C7H11N3OS2. The van der Waals surface area contributed by atoms with Gasteiger partial charge in [-0.1, -0.05) is 23.1 Å². The molecule has 0 bridgehead atoms. The van der Waals surface area contributed by atoms with Crippen molar-refractivity contribution in [1.29, 1.82) is 0 Å². The Morgan fingerprint density at radius 1 is 1.54 bits per heavy atom. The molecule has 0 fully saturated rings. The van der Waals surface area contributed by atoms with E-state index in [2.05, 4.69) is 15.5 Å². The van der Waals surface area contributed by atoms with Crippen molar-refractivity contribution in [3.8, 4) is 0 Å². The van der Waals surface area contributed by atoms with Crippen LogP contribution in [0.5, 0.6) is 0 Å². The Morgan fingerprint density at radius 2 is 2.23 bits per heavy atom. The average molecular weight is 217 g/mol. The van der Waals surface area contributed by atoms with Gasteiger partial charge in [-0.05, 0) is 20.1 Å². The minimum atomic E-state index is -0.146. The van der Waals surface area contributed by atoms with Crippen LogP contribution < -0.4 is 5.32 Å². The molecule has 0 aliphatic carbocycles. The Morgan fingerprint density at radius 3 is 2.69 bits per heavy atom. The highest BCUT2D eigenvalue weighted by molar-refractivity contribution is 8.00. The molecule has 1 aromatic heterocycles. The summed E-state index contributed by atoms with van der Waals surface area (Å²) in [4.78, 5) is 11.4. The van der Waals surface area contributed by atoms with Crippen LogP contribution in [-0.2, 0) is 0 Å². The van der Waals surface area contributed by atoms with Crippen LogP contribution in [0.2, 0.25) is 0 Å². The van der Waals surface area contributed by atoms with E-state index in [9.17, 15) is 4.79 Å². The minimum Gasteiger partial charge on any atom is -0.348 e. The SMILES string of the molecule is CSc1nnc(C(=O)NC(C)C)s1. The summed E-state index contributed by atoms with van der Waals surface area (Å²) in [6.45, 7) is 3.82. The first-order valence-corrected chi connectivity index (χ1v) is 5.86. The zero-order valence-corrected chi connectivity index (χ0v) is 9.33. The fraction of sp³-hybridized carbons (Fsp3) is 0.571. The predicted molar refractivity (Wildman–Crippen MR) is 54.3 cm³/mol. The van der Waals surface area contributed by atoms with Crippen LogP contribution in [-0.4, -0.2) is 28.4 Å². The van der Waals surface area contributed by atoms with Gasteiger partial charge >= 0.3 is 0 Å². The average Bonchev–Trinajstić information content (AvgIpc) is 2.50. The lowest BCUT2D eigenvalue weighted by Gasteiger charge is -2.04. The molecule has 0 radical (unpaired) electrons. The molecule has 1 rings (SSSR count). The van der Waals surface area contributed by atoms with Crippen LogP contribution >= 0.6 is 23.1 Å². The fourth-order valence-corrected chi connectivity index (χ4v) is 1.88. The van der Waals surface area contributed by atoms with Gasteiger partial charge in [0.2, 0.25) is 5.01 Å². The molecule has 4 nitrogen and oxygen atoms in total. The Hall–Kier alpha value is -0.620. The monoisotopic (exact) mass is 217 g/mol. The van der Waals surface area contributed by atoms with E-state index >= 15 is 0 Å². The second-order valence-corrected chi connectivity index (χ2v) is 4.74. The summed E-state index contributed by atoms with van der Waals surface area (Å²) in [6.07, 6.45) is 1.91. The summed E-state index contributed by atoms with van der Waals surface area (Å²) >= 11 is 2.80. The molecule has 0 saturated heterocycles. The lowest BCUT2D eigenvalue weighted by molar-refractivity contribution is 0.0942. The molecule has 0 aliphatic heterocycles. The molecule has 13 heavy (non-hydrogen) atoms. The highest BCUT2D eigenvalue weighted by Crippen LogP contribution is 2.19. The summed E-state index contributed by atoms with van der Waals surface area (Å²) in [7, 11) is 0. The number of hydrogen-bond donors (Lipinski definition) is 1. The van der Waals surface area contributed by atoms with Crippen molar-refractivity contribution in [2.45, 2.75) is 24.2 Å². The van der Waals surface area contributed by atoms with Gasteiger partial charge in [-0.2, -0.15) is 0 Å². The molecule has 1 aromatic rings. The van der Waals surface area contributed by atoms with E-state index in [0.29, 0.717) is 5.01 Å². The molecular weight excluding hydrogens is 206 g/mol. The quantitative estimate of drug-likeness (QED) is 0.778. The Labute approximate surface area is 85.1 Å². The predicted octanol–water partition coefficient (Wildman–Crippen LogP) is 1.40. The van der Waals surface area contributed by atoms with Crippen LogP contribution in [0.15, 0.2) is 4.34 Å². The number of thioether (sulfide) groups is 1. The van der Waals surface area contributed by atoms with Crippen molar-refractivity contribution < 1.29 is 4.79 Å². The third kappa shape index (κ3) is 2.96. The Balaban J connectivity index is 2.66. The highest BCUT2D eigenvalue weighted by atomic mass is 32.2. The molecule has 72 valence electrons. The lowest BCUT2D eigenvalue weighted by Crippen LogP contribution is -2.29. The molecule has 1 N–H and O–H groups in total. The second kappa shape index (κ2) is 4.57. The van der Waals surface area contributed by atoms with E-state index in [1.807, 2.05) is 20.1 Å². The van der Waals surface area contributed by atoms with Gasteiger partial charge in [0, 0.05) is 6.04 Å². The fourth-order valence-electron chi connectivity index (χ4n) is 0.708. The smallest absolute Gasteiger partial charge is 0.282 e. The summed E-state index contributed by atoms with van der Waals surface area (Å²) in [6, 6.07) is 0.133. The maximum atomic E-state index is 11.4. The van der Waals surface area contributed by atoms with E-state index < -0.39 is 0 Å². The van der Waals surface area contributed by atoms with Gasteiger partial charge in [0.15, 0.2) is 4.34 Å². The van der Waals surface area contributed by atoms with E-state index in [1.54, 1.807) is 0 Å². The summed E-state index contributed by atoms with van der Waals surface area (Å²) < 4.78 is 0.814. The van der Waals surface area contributed by atoms with Crippen molar-refractivity contribution in [3.63, 3.8) is 0 Å². The minimum absolute atomic E-state index is 0.133. The topological polar surface area (TPSA) is 54.9 Å². The van der Waals surface area contributed by atoms with E-state index in [-0.39, 0.29) is 11.9 Å². The van der Waals surface area contributed by atoms with Gasteiger partial charge in [-0.15, -0.1) is 10.2 Å². The van der Waals surface area contributed by atoms with Crippen molar-refractivity contribution in [3.05, 3.63) is 5.01 Å². The molecule has 0 spiro atoms. The number of amides is 1. The number of hydrogen-bond acceptors (Lipinski definition) is 5. The van der Waals surface area contributed by atoms with Crippen molar-refractivity contribution in [2.24, 2.45) is 0 Å². The number of nitrogens with one attached hydrogen (secondary N) is 1. The van der Waals surface area contributed by atoms with Gasteiger partial charge in [0.05, 0.1) is 0 Å². The number of nitrogens with zero attached hydrogens (tertiary/aromatic N) is 2. The largest absolute Gasteiger partial charge is 0.348 e. The first-order chi connectivity index (χ1) is 6.13. The summed E-state index contributed by atoms with van der Waals surface area (Å²) in [5.74, 6) is -0.146. The van der Waals surface area contributed by atoms with E-state index in [0.717, 1.165) is 4.34 Å². The molecule has 0 saturated carbocycles. The maximum Gasteiger partial charge on any atom is 0.282 e. The first-order valence-electron chi connectivity index (χ1n) is 3.82. The third-order valence-corrected chi connectivity index (χ3v) is 3.09. The third-order valence-electron chi connectivity index (χ3n) is 1.20. The van der Waals surface area contributed by atoms with Gasteiger partial charge in [-0.25, -0.2) is 0 Å². The van der Waals surface area contributed by atoms with Crippen LogP contribution in [0.3, 0.4) is 0 Å². The standard InChI is InChI=1S/C7H11N3OS2/c1-4(2)8-5(11)6-9-10-7(12-3)13-6/h4H,1-3H3,(H,8,11). The molecule has 6 heteroatoms. The normalized spacial score (nSPS) is 10.5. The van der Waals surface area contributed by atoms with E-state index in [1.165, 1.54) is 23.1 Å². The van der Waals surface area contributed by atoms with Gasteiger partial charge in [0.25, 0.3) is 5.91 Å². The molecule has 0 atom stereocenters. The maximum absolute atomic E-state index is 11.4. The molecule has 0 aromatic carbocycles. The molecule has 0 unspecified atom stereocenters. The zero-order valence-electron chi connectivity index (χ0n) is 7.70. The van der Waals surface area contributed by atoms with Gasteiger partial charge in [-0.3, -0.25) is 4.79 Å². The Bertz CT molecular complexity index is 298. The number of carbonyl (C=O) groups is 1. The van der Waals surface area contributed by atoms with Crippen LogP contribution in [0.1, 0.15) is 23.6 Å². The van der Waals surface area contributed by atoms with Gasteiger partial charge in [0.1, 0.15) is 0 Å². The lowest BCUT2D eigenvalue weighted by atomic mass is 10.4. The first kappa shape index (κ1) is 10.5. The van der Waals surface area contributed by atoms with Crippen LogP contribution in [0.25, 0.3) is 0 Å². The van der Waals surface area contributed by atoms with Crippen molar-refractivity contribution >= 4 is 29.0 Å². The summed E-state index contributed by atoms with van der Waals surface area (Å²) in [5.41, 5.74) is 0. The van der Waals surface area contributed by atoms with Gasteiger partial charge < -0.3 is 5.32 Å². The summed E-state index contributed by atoms with van der Waals surface area (Å²) in [5, 5.41) is 10.8. The Kier molecular flexibility index (Phi) is 3.68. The number of aromatic nitrogens is 2. The number of rotatable bonds is 3. The molecule has 1 amide bonds. The second-order valence-electron chi connectivity index (χ2n) is 2.71. The highest BCUT2D eigenvalue weighted by Gasteiger charge is 2.12. The molecule has 0 aliphatic rings. The van der Waals surface area contributed by atoms with Crippen molar-refractivity contribution in [1.82, 2.24) is 15.5 Å². The number of carbonyl (C=O) groups excluding carboxylic acids is 1. The van der Waals surface area contributed by atoms with Crippen LogP contribution in [0.4, 0.5) is 0 Å². The van der Waals surface area contributed by atoms with E-state index in [4.69, 9.17) is 0 Å².